The van der Waals surface area contributed by atoms with Crippen LogP contribution >= 0.6 is 0 Å². The van der Waals surface area contributed by atoms with E-state index < -0.39 is 0 Å². The van der Waals surface area contributed by atoms with E-state index >= 15 is 0 Å². The van der Waals surface area contributed by atoms with Crippen molar-refractivity contribution in [1.82, 2.24) is 20.4 Å². The largest absolute Gasteiger partial charge is 0.464 e. The van der Waals surface area contributed by atoms with E-state index in [1.165, 1.54) is 0 Å². The van der Waals surface area contributed by atoms with Gasteiger partial charge in [-0.25, -0.2) is 4.79 Å². The van der Waals surface area contributed by atoms with E-state index in [0.29, 0.717) is 24.7 Å². The van der Waals surface area contributed by atoms with Crippen LogP contribution in [0.15, 0.2) is 21.1 Å². The Labute approximate surface area is 141 Å². The number of rotatable bonds is 4. The molecule has 3 heterocycles. The van der Waals surface area contributed by atoms with Crippen molar-refractivity contribution in [3.05, 3.63) is 35.4 Å². The van der Waals surface area contributed by atoms with Gasteiger partial charge in [-0.3, -0.25) is 0 Å². The maximum atomic E-state index is 12.6. The topological polar surface area (TPSA) is 84.4 Å². The molecule has 0 aliphatic carbocycles. The minimum atomic E-state index is -0.0628. The van der Waals surface area contributed by atoms with Gasteiger partial charge < -0.3 is 19.2 Å². The number of amides is 2. The lowest BCUT2D eigenvalue weighted by Crippen LogP contribution is -2.42. The highest BCUT2D eigenvalue weighted by Crippen LogP contribution is 2.31. The predicted octanol–water partition coefficient (Wildman–Crippen LogP) is 3.15. The molecule has 1 unspecified atom stereocenters. The van der Waals surface area contributed by atoms with E-state index in [1.54, 1.807) is 6.92 Å². The Hall–Kier alpha value is -2.31. The lowest BCUT2D eigenvalue weighted by molar-refractivity contribution is 0.165. The van der Waals surface area contributed by atoms with Gasteiger partial charge >= 0.3 is 6.03 Å². The average molecular weight is 332 g/mol. The third-order valence-electron chi connectivity index (χ3n) is 4.29. The third-order valence-corrected chi connectivity index (χ3v) is 4.29. The number of hydrogen-bond acceptors (Lipinski definition) is 5. The van der Waals surface area contributed by atoms with Gasteiger partial charge in [-0.1, -0.05) is 18.0 Å². The summed E-state index contributed by atoms with van der Waals surface area (Å²) in [6.45, 7) is 4.92. The van der Waals surface area contributed by atoms with E-state index in [9.17, 15) is 4.79 Å². The van der Waals surface area contributed by atoms with Crippen molar-refractivity contribution in [2.45, 2.75) is 52.0 Å². The second kappa shape index (κ2) is 7.51. The molecular formula is C17H24N4O3. The van der Waals surface area contributed by atoms with Crippen LogP contribution in [0.2, 0.25) is 0 Å². The first-order valence-corrected chi connectivity index (χ1v) is 8.53. The van der Waals surface area contributed by atoms with Crippen molar-refractivity contribution in [3.8, 4) is 0 Å². The predicted molar refractivity (Wildman–Crippen MR) is 87.5 cm³/mol. The number of aromatic nitrogens is 2. The van der Waals surface area contributed by atoms with Crippen LogP contribution in [-0.2, 0) is 6.42 Å². The Morgan fingerprint density at radius 3 is 2.92 bits per heavy atom. The van der Waals surface area contributed by atoms with Crippen molar-refractivity contribution >= 4 is 6.03 Å². The molecule has 0 aromatic carbocycles. The van der Waals surface area contributed by atoms with Crippen LogP contribution in [0.4, 0.5) is 4.79 Å². The Kier molecular flexibility index (Phi) is 5.17. The molecule has 1 N–H and O–H groups in total. The number of urea groups is 1. The first kappa shape index (κ1) is 16.5. The summed E-state index contributed by atoms with van der Waals surface area (Å²) in [6.07, 6.45) is 4.73. The molecular weight excluding hydrogens is 308 g/mol. The molecule has 3 rings (SSSR count). The third kappa shape index (κ3) is 3.96. The first-order chi connectivity index (χ1) is 11.6. The molecule has 0 radical (unpaired) electrons. The highest BCUT2D eigenvalue weighted by Gasteiger charge is 2.28. The lowest BCUT2D eigenvalue weighted by Gasteiger charge is -2.28. The smallest absolute Gasteiger partial charge is 0.318 e. The molecule has 1 saturated heterocycles. The van der Waals surface area contributed by atoms with Crippen molar-refractivity contribution in [2.75, 3.05) is 13.1 Å². The van der Waals surface area contributed by atoms with Gasteiger partial charge in [-0.05, 0) is 38.8 Å². The van der Waals surface area contributed by atoms with Crippen LogP contribution in [0, 0.1) is 13.8 Å². The summed E-state index contributed by atoms with van der Waals surface area (Å²) in [5.74, 6) is 2.90. The first-order valence-electron chi connectivity index (χ1n) is 8.53. The van der Waals surface area contributed by atoms with E-state index in [-0.39, 0.29) is 12.1 Å². The summed E-state index contributed by atoms with van der Waals surface area (Å²) in [5.41, 5.74) is 0. The molecule has 0 saturated carbocycles. The van der Waals surface area contributed by atoms with Crippen molar-refractivity contribution < 1.29 is 13.7 Å². The Morgan fingerprint density at radius 2 is 2.21 bits per heavy atom. The maximum absolute atomic E-state index is 12.6. The average Bonchev–Trinajstić information content (AvgIpc) is 3.08. The molecule has 2 aromatic heterocycles. The van der Waals surface area contributed by atoms with Gasteiger partial charge in [-0.2, -0.15) is 4.98 Å². The van der Waals surface area contributed by atoms with Gasteiger partial charge in [0.05, 0.1) is 6.04 Å². The Morgan fingerprint density at radius 1 is 1.33 bits per heavy atom. The van der Waals surface area contributed by atoms with Gasteiger partial charge in [0.2, 0.25) is 5.89 Å². The molecule has 1 aliphatic heterocycles. The number of aryl methyl sites for hydroxylation is 2. The summed E-state index contributed by atoms with van der Waals surface area (Å²) in [5, 5.41) is 6.71. The van der Waals surface area contributed by atoms with E-state index in [0.717, 1.165) is 43.7 Å². The zero-order chi connectivity index (χ0) is 16.9. The minimum absolute atomic E-state index is 0.00634. The van der Waals surface area contributed by atoms with Crippen LogP contribution in [0.25, 0.3) is 0 Å². The molecule has 130 valence electrons. The fourth-order valence-electron chi connectivity index (χ4n) is 3.10. The Bertz CT molecular complexity index is 679. The minimum Gasteiger partial charge on any atom is -0.464 e. The SMILES string of the molecule is Cc1noc(CCNC(=O)N2CCCCCC2c2ccc(C)o2)n1. The number of hydrogen-bond donors (Lipinski definition) is 1. The van der Waals surface area contributed by atoms with Gasteiger partial charge in [-0.15, -0.1) is 0 Å². The number of nitrogens with zero attached hydrogens (tertiary/aromatic N) is 3. The zero-order valence-corrected chi connectivity index (χ0v) is 14.2. The maximum Gasteiger partial charge on any atom is 0.318 e. The fraction of sp³-hybridized carbons (Fsp3) is 0.588. The standard InChI is InChI=1S/C17H24N4O3/c1-12-7-8-15(23-12)14-6-4-3-5-11-21(14)17(22)18-10-9-16-19-13(2)20-24-16/h7-8,14H,3-6,9-11H2,1-2H3,(H,18,22). The second-order valence-electron chi connectivity index (χ2n) is 6.22. The monoisotopic (exact) mass is 332 g/mol. The van der Waals surface area contributed by atoms with Crippen molar-refractivity contribution in [3.63, 3.8) is 0 Å². The molecule has 2 aromatic rings. The molecule has 1 atom stereocenters. The van der Waals surface area contributed by atoms with Crippen LogP contribution in [-0.4, -0.2) is 34.2 Å². The quantitative estimate of drug-likeness (QED) is 0.929. The molecule has 7 heteroatoms. The lowest BCUT2D eigenvalue weighted by atomic mass is 10.1. The van der Waals surface area contributed by atoms with Crippen LogP contribution in [0.5, 0.6) is 0 Å². The summed E-state index contributed by atoms with van der Waals surface area (Å²) >= 11 is 0. The highest BCUT2D eigenvalue weighted by molar-refractivity contribution is 5.74. The van der Waals surface area contributed by atoms with Gasteiger partial charge in [0.25, 0.3) is 0 Å². The van der Waals surface area contributed by atoms with E-state index in [2.05, 4.69) is 15.5 Å². The number of likely N-dealkylation sites (tertiary alicyclic amines) is 1. The van der Waals surface area contributed by atoms with E-state index in [4.69, 9.17) is 8.94 Å². The zero-order valence-electron chi connectivity index (χ0n) is 14.2. The molecule has 24 heavy (non-hydrogen) atoms. The summed E-state index contributed by atoms with van der Waals surface area (Å²) in [6, 6.07) is 3.88. The van der Waals surface area contributed by atoms with Crippen LogP contribution in [0.3, 0.4) is 0 Å². The van der Waals surface area contributed by atoms with E-state index in [1.807, 2.05) is 24.0 Å². The molecule has 0 bridgehead atoms. The molecule has 2 amide bonds. The van der Waals surface area contributed by atoms with Crippen LogP contribution < -0.4 is 5.32 Å². The van der Waals surface area contributed by atoms with Crippen LogP contribution in [0.1, 0.15) is 55.0 Å². The number of carbonyl (C=O) groups excluding carboxylic acids is 1. The summed E-state index contributed by atoms with van der Waals surface area (Å²) in [4.78, 5) is 18.7. The number of nitrogens with one attached hydrogen (secondary N) is 1. The summed E-state index contributed by atoms with van der Waals surface area (Å²) in [7, 11) is 0. The summed E-state index contributed by atoms with van der Waals surface area (Å²) < 4.78 is 10.8. The van der Waals surface area contributed by atoms with Crippen molar-refractivity contribution in [2.24, 2.45) is 0 Å². The van der Waals surface area contributed by atoms with Gasteiger partial charge in [0.1, 0.15) is 11.5 Å². The fourth-order valence-corrected chi connectivity index (χ4v) is 3.10. The van der Waals surface area contributed by atoms with Crippen molar-refractivity contribution in [1.29, 1.82) is 0 Å². The van der Waals surface area contributed by atoms with Gasteiger partial charge in [0, 0.05) is 19.5 Å². The highest BCUT2D eigenvalue weighted by atomic mass is 16.5. The molecule has 1 aliphatic rings. The second-order valence-corrected chi connectivity index (χ2v) is 6.22. The normalized spacial score (nSPS) is 18.4. The Balaban J connectivity index is 1.61. The number of furan rings is 1. The van der Waals surface area contributed by atoms with Gasteiger partial charge in [0.15, 0.2) is 5.82 Å². The molecule has 0 spiro atoms. The number of carbonyl (C=O) groups is 1. The molecule has 7 nitrogen and oxygen atoms in total. The molecule has 1 fully saturated rings.